The van der Waals surface area contributed by atoms with E-state index in [0.717, 1.165) is 23.1 Å². The van der Waals surface area contributed by atoms with E-state index in [2.05, 4.69) is 59.2 Å². The van der Waals surface area contributed by atoms with Crippen LogP contribution < -0.4 is 5.32 Å². The minimum Gasteiger partial charge on any atom is -0.308 e. The number of rotatable bonds is 5. The van der Waals surface area contributed by atoms with Gasteiger partial charge in [-0.3, -0.25) is 4.68 Å². The van der Waals surface area contributed by atoms with Gasteiger partial charge in [-0.25, -0.2) is 0 Å². The fourth-order valence-electron chi connectivity index (χ4n) is 2.66. The number of hydrogen-bond donors (Lipinski definition) is 1. The molecule has 2 rings (SSSR count). The van der Waals surface area contributed by atoms with Gasteiger partial charge in [-0.2, -0.15) is 5.10 Å². The van der Waals surface area contributed by atoms with E-state index in [9.17, 15) is 0 Å². The van der Waals surface area contributed by atoms with Gasteiger partial charge >= 0.3 is 0 Å². The molecule has 0 saturated heterocycles. The predicted molar refractivity (Wildman–Crippen MR) is 92.0 cm³/mol. The van der Waals surface area contributed by atoms with E-state index < -0.39 is 0 Å². The first-order valence-corrected chi connectivity index (χ1v) is 8.31. The Morgan fingerprint density at radius 3 is 2.48 bits per heavy atom. The number of halogens is 2. The zero-order valence-corrected chi connectivity index (χ0v) is 15.2. The summed E-state index contributed by atoms with van der Waals surface area (Å²) in [6.07, 6.45) is 2.76. The molecule has 1 aromatic carbocycles. The van der Waals surface area contributed by atoms with Crippen LogP contribution >= 0.6 is 27.5 Å². The lowest BCUT2D eigenvalue weighted by molar-refractivity contribution is 0.534. The fourth-order valence-corrected chi connectivity index (χ4v) is 3.14. The second-order valence-electron chi connectivity index (χ2n) is 5.29. The van der Waals surface area contributed by atoms with Crippen LogP contribution in [0.25, 0.3) is 0 Å². The van der Waals surface area contributed by atoms with Gasteiger partial charge < -0.3 is 5.32 Å². The van der Waals surface area contributed by atoms with Gasteiger partial charge in [-0.15, -0.1) is 0 Å². The number of nitrogens with one attached hydrogen (secondary N) is 1. The summed E-state index contributed by atoms with van der Waals surface area (Å²) >= 11 is 10.0. The highest BCUT2D eigenvalue weighted by Crippen LogP contribution is 2.32. The molecule has 0 bridgehead atoms. The van der Waals surface area contributed by atoms with Crippen LogP contribution in [0, 0.1) is 13.8 Å². The van der Waals surface area contributed by atoms with Gasteiger partial charge in [-0.1, -0.05) is 46.6 Å². The van der Waals surface area contributed by atoms with Crippen LogP contribution in [0.5, 0.6) is 0 Å². The summed E-state index contributed by atoms with van der Waals surface area (Å²) in [4.78, 5) is 0. The average molecular weight is 371 g/mol. The highest BCUT2D eigenvalue weighted by Gasteiger charge is 2.21. The second-order valence-corrected chi connectivity index (χ2v) is 6.49. The molecule has 1 heterocycles. The maximum atomic E-state index is 6.38. The molecule has 1 atom stereocenters. The first-order chi connectivity index (χ1) is 9.99. The number of aromatic nitrogens is 2. The average Bonchev–Trinajstić information content (AvgIpc) is 2.79. The summed E-state index contributed by atoms with van der Waals surface area (Å²) in [6, 6.07) is 4.42. The van der Waals surface area contributed by atoms with Crippen LogP contribution in [0.3, 0.4) is 0 Å². The standard InChI is InChI=1S/C16H21BrClN3/c1-5-6-21-16(13(18)9-20-21)15(19-4)12-7-10(2)14(17)11(3)8-12/h7-9,15,19H,5-6H2,1-4H3. The molecule has 0 saturated carbocycles. The molecule has 3 nitrogen and oxygen atoms in total. The van der Waals surface area contributed by atoms with Crippen LogP contribution in [-0.4, -0.2) is 16.8 Å². The van der Waals surface area contributed by atoms with Crippen molar-refractivity contribution in [3.05, 3.63) is 50.2 Å². The SMILES string of the molecule is CCCn1ncc(Cl)c1C(NC)c1cc(C)c(Br)c(C)c1. The fraction of sp³-hybridized carbons (Fsp3) is 0.438. The minimum absolute atomic E-state index is 0.0389. The van der Waals surface area contributed by atoms with Crippen molar-refractivity contribution in [2.75, 3.05) is 7.05 Å². The monoisotopic (exact) mass is 369 g/mol. The number of hydrogen-bond acceptors (Lipinski definition) is 2. The molecule has 0 aliphatic rings. The van der Waals surface area contributed by atoms with E-state index in [1.807, 2.05) is 11.7 Å². The Kier molecular flexibility index (Phi) is 5.47. The molecule has 0 aliphatic heterocycles. The Bertz CT molecular complexity index is 613. The molecule has 1 unspecified atom stereocenters. The van der Waals surface area contributed by atoms with Crippen molar-refractivity contribution in [3.8, 4) is 0 Å². The Morgan fingerprint density at radius 1 is 1.33 bits per heavy atom. The lowest BCUT2D eigenvalue weighted by Gasteiger charge is -2.21. The topological polar surface area (TPSA) is 29.9 Å². The maximum Gasteiger partial charge on any atom is 0.0837 e. The normalized spacial score (nSPS) is 12.7. The summed E-state index contributed by atoms with van der Waals surface area (Å²) in [6.45, 7) is 7.23. The Morgan fingerprint density at radius 2 is 1.95 bits per heavy atom. The lowest BCUT2D eigenvalue weighted by Crippen LogP contribution is -2.22. The van der Waals surface area contributed by atoms with Crippen molar-refractivity contribution in [1.29, 1.82) is 0 Å². The van der Waals surface area contributed by atoms with E-state index in [4.69, 9.17) is 11.6 Å². The molecule has 114 valence electrons. The Labute approximate surface area is 139 Å². The van der Waals surface area contributed by atoms with E-state index in [1.165, 1.54) is 16.7 Å². The zero-order valence-electron chi connectivity index (χ0n) is 12.9. The van der Waals surface area contributed by atoms with Crippen molar-refractivity contribution >= 4 is 27.5 Å². The first-order valence-electron chi connectivity index (χ1n) is 7.14. The zero-order chi connectivity index (χ0) is 15.6. The summed E-state index contributed by atoms with van der Waals surface area (Å²) in [5, 5.41) is 8.48. The van der Waals surface area contributed by atoms with Crippen molar-refractivity contribution < 1.29 is 0 Å². The molecule has 0 radical (unpaired) electrons. The van der Waals surface area contributed by atoms with Gasteiger partial charge in [0.25, 0.3) is 0 Å². The highest BCUT2D eigenvalue weighted by atomic mass is 79.9. The van der Waals surface area contributed by atoms with Crippen LogP contribution in [0.1, 0.15) is 41.8 Å². The lowest BCUT2D eigenvalue weighted by atomic mass is 9.99. The van der Waals surface area contributed by atoms with Crippen LogP contribution in [0.2, 0.25) is 5.02 Å². The summed E-state index contributed by atoms with van der Waals surface area (Å²) in [5.74, 6) is 0. The van der Waals surface area contributed by atoms with E-state index >= 15 is 0 Å². The van der Waals surface area contributed by atoms with Crippen LogP contribution in [0.15, 0.2) is 22.8 Å². The van der Waals surface area contributed by atoms with Gasteiger partial charge in [0.05, 0.1) is 23.0 Å². The quantitative estimate of drug-likeness (QED) is 0.831. The highest BCUT2D eigenvalue weighted by molar-refractivity contribution is 9.10. The molecular weight excluding hydrogens is 350 g/mol. The van der Waals surface area contributed by atoms with E-state index in [0.29, 0.717) is 5.02 Å². The van der Waals surface area contributed by atoms with Crippen molar-refractivity contribution in [2.45, 2.75) is 39.8 Å². The number of nitrogens with zero attached hydrogens (tertiary/aromatic N) is 2. The molecule has 21 heavy (non-hydrogen) atoms. The minimum atomic E-state index is 0.0389. The summed E-state index contributed by atoms with van der Waals surface area (Å²) in [5.41, 5.74) is 4.68. The molecule has 5 heteroatoms. The smallest absolute Gasteiger partial charge is 0.0837 e. The van der Waals surface area contributed by atoms with Crippen molar-refractivity contribution in [2.24, 2.45) is 0 Å². The van der Waals surface area contributed by atoms with Gasteiger partial charge in [0.15, 0.2) is 0 Å². The third-order valence-electron chi connectivity index (χ3n) is 3.62. The maximum absolute atomic E-state index is 6.38. The Hall–Kier alpha value is -0.840. The molecule has 0 spiro atoms. The van der Waals surface area contributed by atoms with Crippen LogP contribution in [-0.2, 0) is 6.54 Å². The molecular formula is C16H21BrClN3. The predicted octanol–water partition coefficient (Wildman–Crippen LogP) is 4.63. The van der Waals surface area contributed by atoms with Gasteiger partial charge in [0, 0.05) is 11.0 Å². The van der Waals surface area contributed by atoms with E-state index in [1.54, 1.807) is 6.20 Å². The second kappa shape index (κ2) is 6.95. The molecule has 0 fully saturated rings. The summed E-state index contributed by atoms with van der Waals surface area (Å²) < 4.78 is 3.16. The Balaban J connectivity index is 2.52. The van der Waals surface area contributed by atoms with Gasteiger partial charge in [0.1, 0.15) is 0 Å². The number of benzene rings is 1. The largest absolute Gasteiger partial charge is 0.308 e. The molecule has 0 aliphatic carbocycles. The van der Waals surface area contributed by atoms with E-state index in [-0.39, 0.29) is 6.04 Å². The van der Waals surface area contributed by atoms with Crippen LogP contribution in [0.4, 0.5) is 0 Å². The first kappa shape index (κ1) is 16.5. The third-order valence-corrected chi connectivity index (χ3v) is 5.16. The molecule has 1 N–H and O–H groups in total. The molecule has 1 aromatic heterocycles. The third kappa shape index (κ3) is 3.33. The summed E-state index contributed by atoms with van der Waals surface area (Å²) in [7, 11) is 1.96. The van der Waals surface area contributed by atoms with Gasteiger partial charge in [-0.05, 0) is 44.0 Å². The van der Waals surface area contributed by atoms with Crippen molar-refractivity contribution in [3.63, 3.8) is 0 Å². The molecule has 2 aromatic rings. The number of aryl methyl sites for hydroxylation is 3. The van der Waals surface area contributed by atoms with Gasteiger partial charge in [0.2, 0.25) is 0 Å². The van der Waals surface area contributed by atoms with Crippen molar-refractivity contribution in [1.82, 2.24) is 15.1 Å². The molecule has 0 amide bonds.